The average Bonchev–Trinajstić information content (AvgIpc) is 2.32. The maximum absolute atomic E-state index is 11.6. The molecule has 0 bridgehead atoms. The highest BCUT2D eigenvalue weighted by molar-refractivity contribution is 6.40. The van der Waals surface area contributed by atoms with Gasteiger partial charge in [0.2, 0.25) is 0 Å². The van der Waals surface area contributed by atoms with Crippen LogP contribution in [-0.4, -0.2) is 43.3 Å². The SMILES string of the molecule is COc1cccc(C(=O)C(=O)O)c1OC1COC1. The second kappa shape index (κ2) is 5.05. The summed E-state index contributed by atoms with van der Waals surface area (Å²) in [7, 11) is 1.43. The summed E-state index contributed by atoms with van der Waals surface area (Å²) >= 11 is 0. The van der Waals surface area contributed by atoms with Crippen molar-refractivity contribution in [3.63, 3.8) is 0 Å². The van der Waals surface area contributed by atoms with Gasteiger partial charge in [-0.2, -0.15) is 0 Å². The number of aliphatic carboxylic acids is 1. The van der Waals surface area contributed by atoms with Gasteiger partial charge in [0.1, 0.15) is 6.10 Å². The Morgan fingerprint density at radius 3 is 2.61 bits per heavy atom. The number of hydrogen-bond acceptors (Lipinski definition) is 5. The van der Waals surface area contributed by atoms with Gasteiger partial charge in [-0.25, -0.2) is 4.79 Å². The predicted molar refractivity (Wildman–Crippen MR) is 60.2 cm³/mol. The number of ketones is 1. The van der Waals surface area contributed by atoms with Gasteiger partial charge in [-0.15, -0.1) is 0 Å². The zero-order chi connectivity index (χ0) is 13.1. The van der Waals surface area contributed by atoms with E-state index in [9.17, 15) is 9.59 Å². The summed E-state index contributed by atoms with van der Waals surface area (Å²) in [5.41, 5.74) is -0.0197. The molecule has 1 heterocycles. The first-order chi connectivity index (χ1) is 8.63. The normalized spacial score (nSPS) is 14.7. The van der Waals surface area contributed by atoms with E-state index in [1.54, 1.807) is 12.1 Å². The quantitative estimate of drug-likeness (QED) is 0.614. The van der Waals surface area contributed by atoms with E-state index in [1.165, 1.54) is 13.2 Å². The van der Waals surface area contributed by atoms with Gasteiger partial charge in [0.15, 0.2) is 11.5 Å². The lowest BCUT2D eigenvalue weighted by Crippen LogP contribution is -2.39. The minimum absolute atomic E-state index is 0.0197. The van der Waals surface area contributed by atoms with Gasteiger partial charge in [0.05, 0.1) is 25.9 Å². The first kappa shape index (κ1) is 12.4. The molecule has 1 fully saturated rings. The molecule has 1 aliphatic rings. The molecule has 18 heavy (non-hydrogen) atoms. The van der Waals surface area contributed by atoms with Crippen molar-refractivity contribution in [2.45, 2.75) is 6.10 Å². The summed E-state index contributed by atoms with van der Waals surface area (Å²) in [4.78, 5) is 22.3. The number of benzene rings is 1. The van der Waals surface area contributed by atoms with Crippen molar-refractivity contribution < 1.29 is 28.9 Å². The molecule has 2 rings (SSSR count). The second-order valence-corrected chi connectivity index (χ2v) is 3.75. The van der Waals surface area contributed by atoms with E-state index in [2.05, 4.69) is 0 Å². The number of carboxylic acids is 1. The molecule has 1 aromatic rings. The number of carboxylic acid groups (broad SMARTS) is 1. The van der Waals surface area contributed by atoms with Crippen LogP contribution in [0.25, 0.3) is 0 Å². The molecule has 1 N–H and O–H groups in total. The molecule has 0 radical (unpaired) electrons. The molecule has 0 unspecified atom stereocenters. The Hall–Kier alpha value is -2.08. The van der Waals surface area contributed by atoms with Gasteiger partial charge < -0.3 is 19.3 Å². The van der Waals surface area contributed by atoms with Gasteiger partial charge >= 0.3 is 5.97 Å². The number of carbonyl (C=O) groups is 2. The van der Waals surface area contributed by atoms with Crippen LogP contribution in [0.4, 0.5) is 0 Å². The molecule has 0 aliphatic carbocycles. The van der Waals surface area contributed by atoms with E-state index in [4.69, 9.17) is 19.3 Å². The molecule has 96 valence electrons. The molecule has 0 amide bonds. The molecule has 1 aliphatic heterocycles. The van der Waals surface area contributed by atoms with E-state index < -0.39 is 11.8 Å². The van der Waals surface area contributed by atoms with E-state index in [-0.39, 0.29) is 17.4 Å². The summed E-state index contributed by atoms with van der Waals surface area (Å²) in [6.45, 7) is 0.831. The van der Waals surface area contributed by atoms with Crippen LogP contribution in [0.15, 0.2) is 18.2 Å². The third-order valence-corrected chi connectivity index (χ3v) is 2.53. The molecular weight excluding hydrogens is 240 g/mol. The number of rotatable bonds is 5. The first-order valence-electron chi connectivity index (χ1n) is 5.32. The van der Waals surface area contributed by atoms with E-state index >= 15 is 0 Å². The predicted octanol–water partition coefficient (Wildman–Crippen LogP) is 0.740. The maximum Gasteiger partial charge on any atom is 0.377 e. The third-order valence-electron chi connectivity index (χ3n) is 2.53. The number of para-hydroxylation sites is 1. The molecule has 1 saturated heterocycles. The average molecular weight is 252 g/mol. The highest BCUT2D eigenvalue weighted by atomic mass is 16.6. The Morgan fingerprint density at radius 1 is 1.39 bits per heavy atom. The highest BCUT2D eigenvalue weighted by Gasteiger charge is 2.27. The van der Waals surface area contributed by atoms with Crippen molar-refractivity contribution in [2.75, 3.05) is 20.3 Å². The zero-order valence-corrected chi connectivity index (χ0v) is 9.71. The van der Waals surface area contributed by atoms with E-state index in [0.29, 0.717) is 19.0 Å². The lowest BCUT2D eigenvalue weighted by molar-refractivity contribution is -0.131. The highest BCUT2D eigenvalue weighted by Crippen LogP contribution is 2.33. The lowest BCUT2D eigenvalue weighted by atomic mass is 10.1. The largest absolute Gasteiger partial charge is 0.493 e. The molecule has 6 heteroatoms. The van der Waals surface area contributed by atoms with Crippen LogP contribution in [0, 0.1) is 0 Å². The van der Waals surface area contributed by atoms with Crippen molar-refractivity contribution in [3.05, 3.63) is 23.8 Å². The van der Waals surface area contributed by atoms with Crippen LogP contribution in [0.2, 0.25) is 0 Å². The first-order valence-corrected chi connectivity index (χ1v) is 5.32. The number of methoxy groups -OCH3 is 1. The van der Waals surface area contributed by atoms with Crippen LogP contribution < -0.4 is 9.47 Å². The summed E-state index contributed by atoms with van der Waals surface area (Å²) in [6, 6.07) is 4.54. The third kappa shape index (κ3) is 2.28. The summed E-state index contributed by atoms with van der Waals surface area (Å²) in [5.74, 6) is -2.07. The molecular formula is C12H12O6. The fourth-order valence-electron chi connectivity index (χ4n) is 1.54. The van der Waals surface area contributed by atoms with Crippen molar-refractivity contribution in [3.8, 4) is 11.5 Å². The van der Waals surface area contributed by atoms with E-state index in [0.717, 1.165) is 0 Å². The summed E-state index contributed by atoms with van der Waals surface area (Å²) < 4.78 is 15.6. The van der Waals surface area contributed by atoms with Crippen LogP contribution in [0.1, 0.15) is 10.4 Å². The fourth-order valence-corrected chi connectivity index (χ4v) is 1.54. The Morgan fingerprint density at radius 2 is 2.11 bits per heavy atom. The van der Waals surface area contributed by atoms with Crippen LogP contribution >= 0.6 is 0 Å². The van der Waals surface area contributed by atoms with Gasteiger partial charge in [0, 0.05) is 0 Å². The van der Waals surface area contributed by atoms with Crippen LogP contribution in [-0.2, 0) is 9.53 Å². The molecule has 0 spiro atoms. The lowest BCUT2D eigenvalue weighted by Gasteiger charge is -2.28. The minimum atomic E-state index is -1.53. The fraction of sp³-hybridized carbons (Fsp3) is 0.333. The molecule has 1 aromatic carbocycles. The monoisotopic (exact) mass is 252 g/mol. The topological polar surface area (TPSA) is 82.1 Å². The Balaban J connectivity index is 2.37. The Kier molecular flexibility index (Phi) is 3.47. The maximum atomic E-state index is 11.6. The van der Waals surface area contributed by atoms with Crippen molar-refractivity contribution in [1.29, 1.82) is 0 Å². The summed E-state index contributed by atoms with van der Waals surface area (Å²) in [6.07, 6.45) is -0.179. The van der Waals surface area contributed by atoms with Crippen molar-refractivity contribution in [2.24, 2.45) is 0 Å². The molecule has 6 nitrogen and oxygen atoms in total. The molecule has 0 aromatic heterocycles. The Labute approximate surface area is 103 Å². The zero-order valence-electron chi connectivity index (χ0n) is 9.71. The van der Waals surface area contributed by atoms with Crippen LogP contribution in [0.3, 0.4) is 0 Å². The van der Waals surface area contributed by atoms with Crippen molar-refractivity contribution in [1.82, 2.24) is 0 Å². The smallest absolute Gasteiger partial charge is 0.377 e. The molecule has 0 saturated carbocycles. The van der Waals surface area contributed by atoms with E-state index in [1.807, 2.05) is 0 Å². The summed E-state index contributed by atoms with van der Waals surface area (Å²) in [5, 5.41) is 8.76. The number of hydrogen-bond donors (Lipinski definition) is 1. The number of carbonyl (C=O) groups excluding carboxylic acids is 1. The standard InChI is InChI=1S/C12H12O6/c1-16-9-4-2-3-8(10(13)12(14)15)11(9)18-7-5-17-6-7/h2-4,7H,5-6H2,1H3,(H,14,15). The Bertz CT molecular complexity index is 477. The second-order valence-electron chi connectivity index (χ2n) is 3.75. The molecule has 0 atom stereocenters. The van der Waals surface area contributed by atoms with Gasteiger partial charge in [-0.05, 0) is 12.1 Å². The number of Topliss-reactive ketones (excluding diaryl/α,β-unsaturated/α-hetero) is 1. The number of ether oxygens (including phenoxy) is 3. The van der Waals surface area contributed by atoms with Crippen molar-refractivity contribution >= 4 is 11.8 Å². The van der Waals surface area contributed by atoms with Gasteiger partial charge in [-0.1, -0.05) is 6.07 Å². The minimum Gasteiger partial charge on any atom is -0.493 e. The van der Waals surface area contributed by atoms with Crippen LogP contribution in [0.5, 0.6) is 11.5 Å². The van der Waals surface area contributed by atoms with Gasteiger partial charge in [0.25, 0.3) is 5.78 Å². The van der Waals surface area contributed by atoms with Gasteiger partial charge in [-0.3, -0.25) is 4.79 Å².